The number of carbonyl (C=O) groups is 1. The lowest BCUT2D eigenvalue weighted by molar-refractivity contribution is 0.0606. The monoisotopic (exact) mass is 361 g/mol. The van der Waals surface area contributed by atoms with E-state index in [1.165, 1.54) is 7.11 Å². The van der Waals surface area contributed by atoms with Crippen molar-refractivity contribution in [3.8, 4) is 5.19 Å². The summed E-state index contributed by atoms with van der Waals surface area (Å²) in [5.41, 5.74) is 0.980. The summed E-state index contributed by atoms with van der Waals surface area (Å²) >= 11 is 10.3. The van der Waals surface area contributed by atoms with Crippen molar-refractivity contribution in [1.29, 1.82) is 0 Å². The smallest absolute Gasteiger partial charge is 0.351 e. The minimum absolute atomic E-state index is 0.0963. The third kappa shape index (κ3) is 3.46. The molecule has 2 aromatic rings. The third-order valence-corrected chi connectivity index (χ3v) is 4.35. The SMILES string of the molecule is COC(=O)c1sc(OCc2ccccc2Br)nc1Cl. The van der Waals surface area contributed by atoms with Crippen molar-refractivity contribution in [2.45, 2.75) is 6.61 Å². The van der Waals surface area contributed by atoms with Crippen molar-refractivity contribution in [2.24, 2.45) is 0 Å². The maximum absolute atomic E-state index is 11.4. The van der Waals surface area contributed by atoms with Crippen molar-refractivity contribution >= 4 is 44.8 Å². The summed E-state index contributed by atoms with van der Waals surface area (Å²) in [4.78, 5) is 15.6. The summed E-state index contributed by atoms with van der Waals surface area (Å²) in [5.74, 6) is -0.516. The number of thiazole rings is 1. The number of esters is 1. The molecule has 4 nitrogen and oxygen atoms in total. The van der Waals surface area contributed by atoms with E-state index < -0.39 is 5.97 Å². The van der Waals surface area contributed by atoms with Crippen molar-refractivity contribution < 1.29 is 14.3 Å². The summed E-state index contributed by atoms with van der Waals surface area (Å²) in [5, 5.41) is 0.431. The van der Waals surface area contributed by atoms with Crippen LogP contribution in [0.4, 0.5) is 0 Å². The van der Waals surface area contributed by atoms with Gasteiger partial charge in [0, 0.05) is 10.0 Å². The van der Waals surface area contributed by atoms with Gasteiger partial charge >= 0.3 is 5.97 Å². The molecule has 0 atom stereocenters. The van der Waals surface area contributed by atoms with E-state index in [9.17, 15) is 4.79 Å². The largest absolute Gasteiger partial charge is 0.465 e. The normalized spacial score (nSPS) is 10.3. The van der Waals surface area contributed by atoms with Gasteiger partial charge in [-0.3, -0.25) is 0 Å². The fourth-order valence-electron chi connectivity index (χ4n) is 1.32. The summed E-state index contributed by atoms with van der Waals surface area (Å²) in [6, 6.07) is 7.69. The Bertz CT molecular complexity index is 602. The predicted molar refractivity (Wildman–Crippen MR) is 76.9 cm³/mol. The van der Waals surface area contributed by atoms with Gasteiger partial charge in [-0.25, -0.2) is 4.79 Å². The number of hydrogen-bond acceptors (Lipinski definition) is 5. The van der Waals surface area contributed by atoms with E-state index in [1.54, 1.807) is 0 Å². The van der Waals surface area contributed by atoms with E-state index in [0.717, 1.165) is 21.4 Å². The third-order valence-electron chi connectivity index (χ3n) is 2.25. The average Bonchev–Trinajstić information content (AvgIpc) is 2.78. The Morgan fingerprint density at radius 2 is 2.21 bits per heavy atom. The van der Waals surface area contributed by atoms with E-state index in [-0.39, 0.29) is 10.0 Å². The Morgan fingerprint density at radius 3 is 2.89 bits per heavy atom. The number of aromatic nitrogens is 1. The fourth-order valence-corrected chi connectivity index (χ4v) is 2.76. The number of hydrogen-bond donors (Lipinski definition) is 0. The lowest BCUT2D eigenvalue weighted by Crippen LogP contribution is -1.98. The first-order chi connectivity index (χ1) is 9.11. The molecular formula is C12H9BrClNO3S. The summed E-state index contributed by atoms with van der Waals surface area (Å²) in [6.45, 7) is 0.339. The van der Waals surface area contributed by atoms with E-state index >= 15 is 0 Å². The van der Waals surface area contributed by atoms with Crippen molar-refractivity contribution in [1.82, 2.24) is 4.98 Å². The lowest BCUT2D eigenvalue weighted by Gasteiger charge is -2.04. The fraction of sp³-hybridized carbons (Fsp3) is 0.167. The quantitative estimate of drug-likeness (QED) is 0.773. The zero-order valence-electron chi connectivity index (χ0n) is 9.85. The second kappa shape index (κ2) is 6.36. The zero-order chi connectivity index (χ0) is 13.8. The van der Waals surface area contributed by atoms with Gasteiger partial charge in [-0.05, 0) is 6.07 Å². The Hall–Kier alpha value is -1.11. The molecule has 19 heavy (non-hydrogen) atoms. The van der Waals surface area contributed by atoms with Gasteiger partial charge in [-0.2, -0.15) is 4.98 Å². The number of methoxy groups -OCH3 is 1. The number of benzene rings is 1. The van der Waals surface area contributed by atoms with Crippen molar-refractivity contribution in [3.05, 3.63) is 44.3 Å². The van der Waals surface area contributed by atoms with Crippen LogP contribution in [0.1, 0.15) is 15.2 Å². The molecule has 0 bridgehead atoms. The molecule has 7 heteroatoms. The second-order valence-corrected chi connectivity index (χ2v) is 5.65. The molecule has 0 N–H and O–H groups in total. The number of halogens is 2. The summed E-state index contributed by atoms with van der Waals surface area (Å²) < 4.78 is 11.1. The first-order valence-corrected chi connectivity index (χ1v) is 7.21. The van der Waals surface area contributed by atoms with Gasteiger partial charge in [0.15, 0.2) is 10.0 Å². The van der Waals surface area contributed by atoms with Gasteiger partial charge in [-0.15, -0.1) is 0 Å². The van der Waals surface area contributed by atoms with Gasteiger partial charge < -0.3 is 9.47 Å². The molecule has 1 aromatic heterocycles. The maximum atomic E-state index is 11.4. The van der Waals surface area contributed by atoms with Crippen LogP contribution in [0, 0.1) is 0 Å². The molecule has 0 spiro atoms. The highest BCUT2D eigenvalue weighted by Crippen LogP contribution is 2.30. The second-order valence-electron chi connectivity index (χ2n) is 3.47. The Balaban J connectivity index is 2.09. The number of nitrogens with zero attached hydrogens (tertiary/aromatic N) is 1. The van der Waals surface area contributed by atoms with Gasteiger partial charge in [0.2, 0.25) is 0 Å². The Labute approximate surface area is 127 Å². The molecule has 0 saturated carbocycles. The molecule has 0 aliphatic heterocycles. The first kappa shape index (κ1) is 14.3. The number of rotatable bonds is 4. The molecule has 1 heterocycles. The first-order valence-electron chi connectivity index (χ1n) is 5.22. The van der Waals surface area contributed by atoms with E-state index in [4.69, 9.17) is 16.3 Å². The van der Waals surface area contributed by atoms with E-state index in [2.05, 4.69) is 25.7 Å². The van der Waals surface area contributed by atoms with Crippen LogP contribution >= 0.6 is 38.9 Å². The molecule has 0 aliphatic rings. The number of carbonyl (C=O) groups excluding carboxylic acids is 1. The van der Waals surface area contributed by atoms with Gasteiger partial charge in [-0.1, -0.05) is 57.1 Å². The summed E-state index contributed by atoms with van der Waals surface area (Å²) in [6.07, 6.45) is 0. The highest BCUT2D eigenvalue weighted by Gasteiger charge is 2.18. The Morgan fingerprint density at radius 1 is 1.47 bits per heavy atom. The highest BCUT2D eigenvalue weighted by atomic mass is 79.9. The van der Waals surface area contributed by atoms with Crippen LogP contribution in [0.15, 0.2) is 28.7 Å². The van der Waals surface area contributed by atoms with Gasteiger partial charge in [0.1, 0.15) is 6.61 Å². The average molecular weight is 363 g/mol. The van der Waals surface area contributed by atoms with E-state index in [1.807, 2.05) is 24.3 Å². The van der Waals surface area contributed by atoms with Crippen LogP contribution in [0.2, 0.25) is 5.15 Å². The molecule has 0 fully saturated rings. The molecule has 0 saturated heterocycles. The van der Waals surface area contributed by atoms with Crippen molar-refractivity contribution in [3.63, 3.8) is 0 Å². The molecule has 0 radical (unpaired) electrons. The van der Waals surface area contributed by atoms with Crippen molar-refractivity contribution in [2.75, 3.05) is 7.11 Å². The lowest BCUT2D eigenvalue weighted by atomic mass is 10.2. The molecule has 2 rings (SSSR count). The van der Waals surface area contributed by atoms with Gasteiger partial charge in [0.25, 0.3) is 5.19 Å². The zero-order valence-corrected chi connectivity index (χ0v) is 13.0. The topological polar surface area (TPSA) is 48.4 Å². The van der Waals surface area contributed by atoms with Crippen LogP contribution in [0.5, 0.6) is 5.19 Å². The maximum Gasteiger partial charge on any atom is 0.351 e. The predicted octanol–water partition coefficient (Wildman–Crippen LogP) is 3.92. The van der Waals surface area contributed by atoms with E-state index in [0.29, 0.717) is 11.8 Å². The molecule has 0 unspecified atom stereocenters. The minimum Gasteiger partial charge on any atom is -0.465 e. The molecular weight excluding hydrogens is 354 g/mol. The minimum atomic E-state index is -0.516. The highest BCUT2D eigenvalue weighted by molar-refractivity contribution is 9.10. The molecule has 0 amide bonds. The standard InChI is InChI=1S/C12H9BrClNO3S/c1-17-11(16)9-10(14)15-12(19-9)18-6-7-4-2-3-5-8(7)13/h2-5H,6H2,1H3. The molecule has 100 valence electrons. The Kier molecular flexibility index (Phi) is 4.79. The van der Waals surface area contributed by atoms with Gasteiger partial charge in [0.05, 0.1) is 7.11 Å². The summed E-state index contributed by atoms with van der Waals surface area (Å²) in [7, 11) is 1.29. The molecule has 1 aromatic carbocycles. The van der Waals surface area contributed by atoms with Crippen LogP contribution in [0.25, 0.3) is 0 Å². The van der Waals surface area contributed by atoms with Crippen LogP contribution in [-0.4, -0.2) is 18.1 Å². The number of ether oxygens (including phenoxy) is 2. The van der Waals surface area contributed by atoms with Crippen LogP contribution in [0.3, 0.4) is 0 Å². The van der Waals surface area contributed by atoms with Crippen LogP contribution in [-0.2, 0) is 11.3 Å². The van der Waals surface area contributed by atoms with Crippen LogP contribution < -0.4 is 4.74 Å². The molecule has 0 aliphatic carbocycles.